The summed E-state index contributed by atoms with van der Waals surface area (Å²) in [5.41, 5.74) is -0.737. The fourth-order valence-electron chi connectivity index (χ4n) is 2.17. The molecule has 4 nitrogen and oxygen atoms in total. The number of rotatable bonds is 6. The van der Waals surface area contributed by atoms with Gasteiger partial charge in [0.25, 0.3) is 0 Å². The predicted molar refractivity (Wildman–Crippen MR) is 67.6 cm³/mol. The van der Waals surface area contributed by atoms with Crippen molar-refractivity contribution in [3.05, 3.63) is 0 Å². The third-order valence-corrected chi connectivity index (χ3v) is 3.14. The van der Waals surface area contributed by atoms with Crippen molar-refractivity contribution in [2.24, 2.45) is 0 Å². The van der Waals surface area contributed by atoms with E-state index in [-0.39, 0.29) is 18.4 Å². The summed E-state index contributed by atoms with van der Waals surface area (Å²) in [6, 6.07) is 0. The standard InChI is InChI=1S/C13H24N2O2/c1-4-5-6-7-8-9-15-10-11(16)14-13(2,3)12(15)17/h4-10H2,1-3H3,(H,14,16). The zero-order valence-corrected chi connectivity index (χ0v) is 11.2. The second-order valence-electron chi connectivity index (χ2n) is 5.31. The number of nitrogens with one attached hydrogen (secondary N) is 1. The molecule has 0 unspecified atom stereocenters. The van der Waals surface area contributed by atoms with Gasteiger partial charge in [-0.05, 0) is 20.3 Å². The minimum Gasteiger partial charge on any atom is -0.341 e. The molecule has 98 valence electrons. The van der Waals surface area contributed by atoms with Gasteiger partial charge in [-0.25, -0.2) is 0 Å². The van der Waals surface area contributed by atoms with Crippen LogP contribution in [0.15, 0.2) is 0 Å². The van der Waals surface area contributed by atoms with Crippen LogP contribution >= 0.6 is 0 Å². The van der Waals surface area contributed by atoms with Crippen LogP contribution in [0.4, 0.5) is 0 Å². The van der Waals surface area contributed by atoms with E-state index in [4.69, 9.17) is 0 Å². The quantitative estimate of drug-likeness (QED) is 0.718. The van der Waals surface area contributed by atoms with Gasteiger partial charge in [-0.3, -0.25) is 9.59 Å². The van der Waals surface area contributed by atoms with Crippen LogP contribution in [0.1, 0.15) is 52.9 Å². The lowest BCUT2D eigenvalue weighted by Gasteiger charge is -2.37. The first kappa shape index (κ1) is 14.0. The molecule has 0 spiro atoms. The van der Waals surface area contributed by atoms with E-state index in [2.05, 4.69) is 12.2 Å². The van der Waals surface area contributed by atoms with Crippen molar-refractivity contribution in [3.8, 4) is 0 Å². The van der Waals surface area contributed by atoms with Crippen LogP contribution in [0.25, 0.3) is 0 Å². The molecule has 0 radical (unpaired) electrons. The second kappa shape index (κ2) is 6.03. The molecule has 1 aliphatic rings. The first-order chi connectivity index (χ1) is 7.97. The Morgan fingerprint density at radius 1 is 1.18 bits per heavy atom. The van der Waals surface area contributed by atoms with Crippen molar-refractivity contribution in [1.82, 2.24) is 10.2 Å². The van der Waals surface area contributed by atoms with E-state index < -0.39 is 5.54 Å². The maximum absolute atomic E-state index is 12.0. The van der Waals surface area contributed by atoms with Crippen molar-refractivity contribution in [2.75, 3.05) is 13.1 Å². The highest BCUT2D eigenvalue weighted by Crippen LogP contribution is 2.14. The molecule has 0 bridgehead atoms. The molecule has 1 saturated heterocycles. The van der Waals surface area contributed by atoms with E-state index in [1.165, 1.54) is 19.3 Å². The van der Waals surface area contributed by atoms with Gasteiger partial charge in [-0.15, -0.1) is 0 Å². The van der Waals surface area contributed by atoms with Crippen LogP contribution in [-0.4, -0.2) is 35.3 Å². The molecule has 17 heavy (non-hydrogen) atoms. The van der Waals surface area contributed by atoms with Gasteiger partial charge < -0.3 is 10.2 Å². The van der Waals surface area contributed by atoms with Crippen LogP contribution in [0.2, 0.25) is 0 Å². The Morgan fingerprint density at radius 2 is 1.82 bits per heavy atom. The van der Waals surface area contributed by atoms with Crippen LogP contribution in [-0.2, 0) is 9.59 Å². The summed E-state index contributed by atoms with van der Waals surface area (Å²) in [4.78, 5) is 25.2. The summed E-state index contributed by atoms with van der Waals surface area (Å²) in [6.07, 6.45) is 5.82. The van der Waals surface area contributed by atoms with Crippen molar-refractivity contribution >= 4 is 11.8 Å². The molecule has 0 aromatic heterocycles. The average molecular weight is 240 g/mol. The van der Waals surface area contributed by atoms with Gasteiger partial charge in [0, 0.05) is 6.54 Å². The molecule has 4 heteroatoms. The van der Waals surface area contributed by atoms with Crippen molar-refractivity contribution in [2.45, 2.75) is 58.4 Å². The molecule has 1 heterocycles. The summed E-state index contributed by atoms with van der Waals surface area (Å²) in [5, 5.41) is 2.72. The molecule has 1 aliphatic heterocycles. The minimum atomic E-state index is -0.737. The molecular weight excluding hydrogens is 216 g/mol. The average Bonchev–Trinajstić information content (AvgIpc) is 2.24. The van der Waals surface area contributed by atoms with Crippen LogP contribution in [0.3, 0.4) is 0 Å². The molecule has 1 rings (SSSR count). The Bertz CT molecular complexity index is 287. The summed E-state index contributed by atoms with van der Waals surface area (Å²) >= 11 is 0. The third kappa shape index (κ3) is 4.02. The molecule has 0 atom stereocenters. The molecule has 1 fully saturated rings. The highest BCUT2D eigenvalue weighted by Gasteiger charge is 2.38. The highest BCUT2D eigenvalue weighted by atomic mass is 16.2. The number of hydrogen-bond donors (Lipinski definition) is 1. The molecule has 2 amide bonds. The van der Waals surface area contributed by atoms with E-state index in [0.29, 0.717) is 6.54 Å². The van der Waals surface area contributed by atoms with Gasteiger partial charge in [0.2, 0.25) is 11.8 Å². The monoisotopic (exact) mass is 240 g/mol. The molecule has 0 saturated carbocycles. The molecule has 0 aromatic carbocycles. The Kier molecular flexibility index (Phi) is 4.97. The van der Waals surface area contributed by atoms with E-state index in [1.807, 2.05) is 0 Å². The van der Waals surface area contributed by atoms with Gasteiger partial charge in [0.05, 0.1) is 6.54 Å². The van der Waals surface area contributed by atoms with Gasteiger partial charge in [-0.1, -0.05) is 32.6 Å². The zero-order valence-electron chi connectivity index (χ0n) is 11.2. The zero-order chi connectivity index (χ0) is 12.9. The van der Waals surface area contributed by atoms with Gasteiger partial charge in [-0.2, -0.15) is 0 Å². The third-order valence-electron chi connectivity index (χ3n) is 3.14. The highest BCUT2D eigenvalue weighted by molar-refractivity contribution is 5.97. The Balaban J connectivity index is 2.36. The van der Waals surface area contributed by atoms with E-state index in [1.54, 1.807) is 18.7 Å². The number of amides is 2. The number of nitrogens with zero attached hydrogens (tertiary/aromatic N) is 1. The normalized spacial score (nSPS) is 19.4. The fraction of sp³-hybridized carbons (Fsp3) is 0.846. The van der Waals surface area contributed by atoms with E-state index in [0.717, 1.165) is 12.8 Å². The van der Waals surface area contributed by atoms with Gasteiger partial charge in [0.1, 0.15) is 5.54 Å². The first-order valence-corrected chi connectivity index (χ1v) is 6.57. The minimum absolute atomic E-state index is 0.0348. The molecule has 1 N–H and O–H groups in total. The lowest BCUT2D eigenvalue weighted by Crippen LogP contribution is -2.63. The lowest BCUT2D eigenvalue weighted by molar-refractivity contribution is -0.148. The molecule has 0 aliphatic carbocycles. The number of unbranched alkanes of at least 4 members (excludes halogenated alkanes) is 4. The maximum atomic E-state index is 12.0. The molecular formula is C13H24N2O2. The van der Waals surface area contributed by atoms with Crippen LogP contribution < -0.4 is 5.32 Å². The summed E-state index contributed by atoms with van der Waals surface area (Å²) in [5.74, 6) is -0.0178. The van der Waals surface area contributed by atoms with Gasteiger partial charge in [0.15, 0.2) is 0 Å². The second-order valence-corrected chi connectivity index (χ2v) is 5.31. The summed E-state index contributed by atoms with van der Waals surface area (Å²) in [6.45, 7) is 6.63. The number of piperazine rings is 1. The lowest BCUT2D eigenvalue weighted by atomic mass is 10.00. The predicted octanol–water partition coefficient (Wildman–Crippen LogP) is 1.69. The Morgan fingerprint density at radius 3 is 2.47 bits per heavy atom. The van der Waals surface area contributed by atoms with Crippen LogP contribution in [0, 0.1) is 0 Å². The Labute approximate surface area is 104 Å². The fourth-order valence-corrected chi connectivity index (χ4v) is 2.17. The Hall–Kier alpha value is -1.06. The van der Waals surface area contributed by atoms with Crippen molar-refractivity contribution in [1.29, 1.82) is 0 Å². The largest absolute Gasteiger partial charge is 0.341 e. The summed E-state index contributed by atoms with van der Waals surface area (Å²) < 4.78 is 0. The van der Waals surface area contributed by atoms with Crippen molar-refractivity contribution in [3.63, 3.8) is 0 Å². The van der Waals surface area contributed by atoms with E-state index in [9.17, 15) is 9.59 Å². The molecule has 0 aromatic rings. The van der Waals surface area contributed by atoms with Gasteiger partial charge >= 0.3 is 0 Å². The number of carbonyl (C=O) groups is 2. The first-order valence-electron chi connectivity index (χ1n) is 6.57. The number of carbonyl (C=O) groups excluding carboxylic acids is 2. The summed E-state index contributed by atoms with van der Waals surface area (Å²) in [7, 11) is 0. The maximum Gasteiger partial charge on any atom is 0.248 e. The van der Waals surface area contributed by atoms with E-state index >= 15 is 0 Å². The topological polar surface area (TPSA) is 49.4 Å². The number of hydrogen-bond acceptors (Lipinski definition) is 2. The smallest absolute Gasteiger partial charge is 0.248 e. The van der Waals surface area contributed by atoms with Crippen molar-refractivity contribution < 1.29 is 9.59 Å². The van der Waals surface area contributed by atoms with Crippen LogP contribution in [0.5, 0.6) is 0 Å². The SMILES string of the molecule is CCCCCCCN1CC(=O)NC(C)(C)C1=O.